The average Bonchev–Trinajstić information content (AvgIpc) is 2.37. The molecular weight excluding hydrogens is 252 g/mol. The van der Waals surface area contributed by atoms with Crippen molar-refractivity contribution < 1.29 is 13.5 Å². The van der Waals surface area contributed by atoms with Crippen LogP contribution < -0.4 is 4.72 Å². The van der Waals surface area contributed by atoms with Crippen molar-refractivity contribution in [3.8, 4) is 0 Å². The van der Waals surface area contributed by atoms with Crippen molar-refractivity contribution in [2.75, 3.05) is 13.6 Å². The van der Waals surface area contributed by atoms with Crippen molar-refractivity contribution in [1.82, 2.24) is 9.03 Å². The average molecular weight is 278 g/mol. The Morgan fingerprint density at radius 2 is 1.89 bits per heavy atom. The zero-order valence-corrected chi connectivity index (χ0v) is 12.5. The van der Waals surface area contributed by atoms with Gasteiger partial charge in [-0.15, -0.1) is 0 Å². The molecule has 6 heteroatoms. The van der Waals surface area contributed by atoms with Crippen LogP contribution in [0.3, 0.4) is 0 Å². The highest BCUT2D eigenvalue weighted by atomic mass is 32.2. The lowest BCUT2D eigenvalue weighted by molar-refractivity contribution is 0.0608. The first-order valence-electron chi connectivity index (χ1n) is 6.73. The van der Waals surface area contributed by atoms with E-state index >= 15 is 0 Å². The molecule has 0 aromatic heterocycles. The maximum absolute atomic E-state index is 12.1. The summed E-state index contributed by atoms with van der Waals surface area (Å²) in [5.41, 5.74) is -0.986. The fraction of sp³-hybridized carbons (Fsp3) is 1.00. The molecule has 1 aliphatic rings. The first-order valence-corrected chi connectivity index (χ1v) is 8.17. The summed E-state index contributed by atoms with van der Waals surface area (Å²) in [7, 11) is -1.86. The van der Waals surface area contributed by atoms with Crippen LogP contribution in [0, 0.1) is 0 Å². The Kier molecular flexibility index (Phi) is 5.58. The third-order valence-electron chi connectivity index (χ3n) is 3.87. The zero-order valence-electron chi connectivity index (χ0n) is 11.6. The van der Waals surface area contributed by atoms with Gasteiger partial charge in [-0.2, -0.15) is 17.4 Å². The summed E-state index contributed by atoms with van der Waals surface area (Å²) in [6, 6.07) is 0.0998. The Balaban J connectivity index is 2.56. The van der Waals surface area contributed by atoms with Gasteiger partial charge in [-0.05, 0) is 26.2 Å². The van der Waals surface area contributed by atoms with Crippen LogP contribution in [0.2, 0.25) is 0 Å². The molecule has 1 aliphatic carbocycles. The Labute approximate surface area is 111 Å². The summed E-state index contributed by atoms with van der Waals surface area (Å²) in [4.78, 5) is 0. The Morgan fingerprint density at radius 1 is 1.33 bits per heavy atom. The van der Waals surface area contributed by atoms with Crippen molar-refractivity contribution >= 4 is 10.2 Å². The lowest BCUT2D eigenvalue weighted by Crippen LogP contribution is -2.49. The van der Waals surface area contributed by atoms with Gasteiger partial charge in [0.1, 0.15) is 0 Å². The summed E-state index contributed by atoms with van der Waals surface area (Å²) in [5, 5.41) is 9.83. The molecule has 0 spiro atoms. The van der Waals surface area contributed by atoms with Gasteiger partial charge >= 0.3 is 0 Å². The number of nitrogens with one attached hydrogen (secondary N) is 1. The van der Waals surface area contributed by atoms with Gasteiger partial charge < -0.3 is 5.11 Å². The van der Waals surface area contributed by atoms with Crippen LogP contribution in [-0.4, -0.2) is 43.1 Å². The molecule has 0 aliphatic heterocycles. The van der Waals surface area contributed by atoms with E-state index in [9.17, 15) is 13.5 Å². The van der Waals surface area contributed by atoms with Gasteiger partial charge in [0.2, 0.25) is 0 Å². The predicted molar refractivity (Wildman–Crippen MR) is 72.5 cm³/mol. The van der Waals surface area contributed by atoms with E-state index in [0.717, 1.165) is 25.7 Å². The number of aliphatic hydroxyl groups is 1. The van der Waals surface area contributed by atoms with Gasteiger partial charge in [-0.3, -0.25) is 0 Å². The highest BCUT2D eigenvalue weighted by molar-refractivity contribution is 7.87. The molecule has 0 aromatic rings. The highest BCUT2D eigenvalue weighted by Crippen LogP contribution is 2.23. The zero-order chi connectivity index (χ0) is 13.8. The van der Waals surface area contributed by atoms with Gasteiger partial charge in [0.25, 0.3) is 10.2 Å². The second-order valence-corrected chi connectivity index (χ2v) is 7.30. The Hall–Kier alpha value is -0.170. The fourth-order valence-corrected chi connectivity index (χ4v) is 3.41. The van der Waals surface area contributed by atoms with Crippen LogP contribution in [0.5, 0.6) is 0 Å². The predicted octanol–water partition coefficient (Wildman–Crippen LogP) is 1.25. The van der Waals surface area contributed by atoms with E-state index in [4.69, 9.17) is 0 Å². The maximum Gasteiger partial charge on any atom is 0.279 e. The molecule has 1 rings (SSSR count). The maximum atomic E-state index is 12.1. The van der Waals surface area contributed by atoms with E-state index in [1.165, 1.54) is 10.7 Å². The molecule has 2 N–H and O–H groups in total. The minimum absolute atomic E-state index is 0.0584. The molecule has 0 saturated heterocycles. The van der Waals surface area contributed by atoms with Crippen LogP contribution in [-0.2, 0) is 10.2 Å². The van der Waals surface area contributed by atoms with Crippen LogP contribution in [0.1, 0.15) is 52.4 Å². The van der Waals surface area contributed by atoms with E-state index in [1.54, 1.807) is 14.0 Å². The number of hydrogen-bond acceptors (Lipinski definition) is 3. The summed E-state index contributed by atoms with van der Waals surface area (Å²) in [6.45, 7) is 3.53. The molecule has 108 valence electrons. The van der Waals surface area contributed by atoms with Gasteiger partial charge in [-0.1, -0.05) is 26.2 Å². The monoisotopic (exact) mass is 278 g/mol. The smallest absolute Gasteiger partial charge is 0.279 e. The first kappa shape index (κ1) is 15.9. The minimum Gasteiger partial charge on any atom is -0.389 e. The van der Waals surface area contributed by atoms with E-state index in [-0.39, 0.29) is 12.6 Å². The molecule has 1 saturated carbocycles. The normalized spacial score (nSPS) is 22.1. The van der Waals surface area contributed by atoms with E-state index in [0.29, 0.717) is 6.42 Å². The van der Waals surface area contributed by atoms with Gasteiger partial charge in [0.15, 0.2) is 0 Å². The summed E-state index contributed by atoms with van der Waals surface area (Å²) in [5.74, 6) is 0. The third-order valence-corrected chi connectivity index (χ3v) is 5.43. The topological polar surface area (TPSA) is 69.6 Å². The molecule has 1 unspecified atom stereocenters. The summed E-state index contributed by atoms with van der Waals surface area (Å²) < 4.78 is 28.1. The SMILES string of the molecule is CCC(C)(O)CNS(=O)(=O)N(C)C1CCCCC1. The number of nitrogens with zero attached hydrogens (tertiary/aromatic N) is 1. The van der Waals surface area contributed by atoms with Crippen molar-refractivity contribution in [2.45, 2.75) is 64.0 Å². The van der Waals surface area contributed by atoms with Crippen LogP contribution >= 0.6 is 0 Å². The molecule has 0 heterocycles. The molecule has 0 bridgehead atoms. The Bertz CT molecular complexity index is 348. The fourth-order valence-electron chi connectivity index (χ4n) is 2.11. The quantitative estimate of drug-likeness (QED) is 0.768. The van der Waals surface area contributed by atoms with Crippen LogP contribution in [0.15, 0.2) is 0 Å². The largest absolute Gasteiger partial charge is 0.389 e. The third kappa shape index (κ3) is 4.50. The number of hydrogen-bond donors (Lipinski definition) is 2. The second kappa shape index (κ2) is 6.32. The van der Waals surface area contributed by atoms with E-state index < -0.39 is 15.8 Å². The molecule has 1 atom stereocenters. The van der Waals surface area contributed by atoms with Crippen molar-refractivity contribution in [3.05, 3.63) is 0 Å². The second-order valence-electron chi connectivity index (χ2n) is 5.48. The standard InChI is InChI=1S/C12H26N2O3S/c1-4-12(2,15)10-13-18(16,17)14(3)11-8-6-5-7-9-11/h11,13,15H,4-10H2,1-3H3. The Morgan fingerprint density at radius 3 is 2.39 bits per heavy atom. The van der Waals surface area contributed by atoms with Crippen molar-refractivity contribution in [1.29, 1.82) is 0 Å². The first-order chi connectivity index (χ1) is 8.28. The molecule has 18 heavy (non-hydrogen) atoms. The van der Waals surface area contributed by atoms with Crippen LogP contribution in [0.4, 0.5) is 0 Å². The van der Waals surface area contributed by atoms with Crippen LogP contribution in [0.25, 0.3) is 0 Å². The van der Waals surface area contributed by atoms with Gasteiger partial charge in [0.05, 0.1) is 5.60 Å². The van der Waals surface area contributed by atoms with Crippen molar-refractivity contribution in [3.63, 3.8) is 0 Å². The molecule has 1 fully saturated rings. The lowest BCUT2D eigenvalue weighted by atomic mass is 9.96. The van der Waals surface area contributed by atoms with Crippen molar-refractivity contribution in [2.24, 2.45) is 0 Å². The molecule has 5 nitrogen and oxygen atoms in total. The highest BCUT2D eigenvalue weighted by Gasteiger charge is 2.29. The molecular formula is C12H26N2O3S. The summed E-state index contributed by atoms with van der Waals surface area (Å²) >= 11 is 0. The molecule has 0 radical (unpaired) electrons. The lowest BCUT2D eigenvalue weighted by Gasteiger charge is -2.31. The minimum atomic E-state index is -3.48. The van der Waals surface area contributed by atoms with E-state index in [2.05, 4.69) is 4.72 Å². The molecule has 0 aromatic carbocycles. The van der Waals surface area contributed by atoms with Gasteiger partial charge in [0, 0.05) is 19.6 Å². The van der Waals surface area contributed by atoms with E-state index in [1.807, 2.05) is 6.92 Å². The molecule has 0 amide bonds. The number of rotatable bonds is 6. The summed E-state index contributed by atoms with van der Waals surface area (Å²) in [6.07, 6.45) is 5.77. The van der Waals surface area contributed by atoms with Gasteiger partial charge in [-0.25, -0.2) is 0 Å².